The maximum absolute atomic E-state index is 12.6. The molecule has 24 heavy (non-hydrogen) atoms. The first-order valence-corrected chi connectivity index (χ1v) is 8.43. The number of amides is 1. The zero-order valence-electron chi connectivity index (χ0n) is 13.6. The molecule has 0 spiro atoms. The average molecular weight is 341 g/mol. The van der Waals surface area contributed by atoms with Gasteiger partial charge in [0.1, 0.15) is 5.82 Å². The van der Waals surface area contributed by atoms with Gasteiger partial charge in [-0.1, -0.05) is 0 Å². The third-order valence-corrected chi connectivity index (χ3v) is 4.96. The maximum atomic E-state index is 12.6. The minimum atomic E-state index is -4.37. The molecular weight excluding hydrogens is 319 g/mol. The van der Waals surface area contributed by atoms with Gasteiger partial charge in [-0.25, -0.2) is 4.98 Å². The predicted molar refractivity (Wildman–Crippen MR) is 84.5 cm³/mol. The Bertz CT molecular complexity index is 576. The highest BCUT2D eigenvalue weighted by Gasteiger charge is 2.33. The number of halogens is 3. The Morgan fingerprint density at radius 2 is 1.92 bits per heavy atom. The van der Waals surface area contributed by atoms with Crippen LogP contribution in [0.1, 0.15) is 38.2 Å². The third-order valence-electron chi connectivity index (χ3n) is 4.96. The van der Waals surface area contributed by atoms with Gasteiger partial charge < -0.3 is 10.2 Å². The number of hydrogen-bond acceptors (Lipinski definition) is 3. The van der Waals surface area contributed by atoms with E-state index in [-0.39, 0.29) is 17.9 Å². The molecule has 1 saturated carbocycles. The molecule has 2 fully saturated rings. The van der Waals surface area contributed by atoms with Gasteiger partial charge in [-0.2, -0.15) is 13.2 Å². The number of carbonyl (C=O) groups excluding carboxylic acids is 1. The van der Waals surface area contributed by atoms with Crippen LogP contribution in [0.4, 0.5) is 19.0 Å². The molecule has 1 aromatic rings. The summed E-state index contributed by atoms with van der Waals surface area (Å²) in [7, 11) is 0. The van der Waals surface area contributed by atoms with Crippen molar-refractivity contribution < 1.29 is 18.0 Å². The summed E-state index contributed by atoms with van der Waals surface area (Å²) in [6, 6.07) is 2.70. The fourth-order valence-electron chi connectivity index (χ4n) is 3.17. The summed E-state index contributed by atoms with van der Waals surface area (Å²) in [6.45, 7) is 3.32. The minimum Gasteiger partial charge on any atom is -0.357 e. The van der Waals surface area contributed by atoms with Crippen LogP contribution in [0.3, 0.4) is 0 Å². The van der Waals surface area contributed by atoms with Gasteiger partial charge in [0.05, 0.1) is 5.56 Å². The first-order valence-electron chi connectivity index (χ1n) is 8.43. The van der Waals surface area contributed by atoms with E-state index in [0.29, 0.717) is 37.7 Å². The van der Waals surface area contributed by atoms with Gasteiger partial charge in [0.25, 0.3) is 0 Å². The molecule has 0 unspecified atom stereocenters. The Labute approximate surface area is 139 Å². The van der Waals surface area contributed by atoms with Crippen LogP contribution < -0.4 is 10.2 Å². The second-order valence-corrected chi connectivity index (χ2v) is 6.80. The van der Waals surface area contributed by atoms with E-state index in [9.17, 15) is 18.0 Å². The van der Waals surface area contributed by atoms with Crippen molar-refractivity contribution in [3.05, 3.63) is 23.9 Å². The number of nitrogens with zero attached hydrogens (tertiary/aromatic N) is 2. The molecule has 2 aliphatic rings. The number of rotatable bonds is 4. The molecule has 1 aromatic heterocycles. The highest BCUT2D eigenvalue weighted by atomic mass is 19.4. The second-order valence-electron chi connectivity index (χ2n) is 6.80. The minimum absolute atomic E-state index is 0.0168. The van der Waals surface area contributed by atoms with Crippen LogP contribution in [0.5, 0.6) is 0 Å². The zero-order valence-corrected chi connectivity index (χ0v) is 13.6. The summed E-state index contributed by atoms with van der Waals surface area (Å²) in [5, 5.41) is 3.09. The van der Waals surface area contributed by atoms with Crippen LogP contribution in [0.15, 0.2) is 18.3 Å². The molecule has 1 aliphatic carbocycles. The largest absolute Gasteiger partial charge is 0.417 e. The quantitative estimate of drug-likeness (QED) is 0.914. The van der Waals surface area contributed by atoms with Crippen molar-refractivity contribution in [2.45, 2.75) is 44.8 Å². The molecule has 1 atom stereocenters. The zero-order chi connectivity index (χ0) is 17.3. The van der Waals surface area contributed by atoms with Crippen LogP contribution in [0.25, 0.3) is 0 Å². The van der Waals surface area contributed by atoms with Gasteiger partial charge in [-0.3, -0.25) is 4.79 Å². The lowest BCUT2D eigenvalue weighted by atomic mass is 9.95. The van der Waals surface area contributed by atoms with Gasteiger partial charge in [-0.15, -0.1) is 0 Å². The van der Waals surface area contributed by atoms with Crippen molar-refractivity contribution in [1.82, 2.24) is 10.3 Å². The Hall–Kier alpha value is -1.79. The van der Waals surface area contributed by atoms with E-state index in [1.54, 1.807) is 0 Å². The number of pyridine rings is 1. The lowest BCUT2D eigenvalue weighted by Gasteiger charge is -2.32. The molecule has 1 saturated heterocycles. The van der Waals surface area contributed by atoms with E-state index in [4.69, 9.17) is 0 Å². The first-order chi connectivity index (χ1) is 11.3. The Morgan fingerprint density at radius 3 is 2.42 bits per heavy atom. The SMILES string of the molecule is C[C@H](NC(=O)C1CCN(c2ccc(C(F)(F)F)cn2)CC1)C1CC1. The van der Waals surface area contributed by atoms with E-state index in [1.807, 2.05) is 4.90 Å². The molecular formula is C17H22F3N3O. The van der Waals surface area contributed by atoms with Gasteiger partial charge in [-0.05, 0) is 50.7 Å². The van der Waals surface area contributed by atoms with Crippen molar-refractivity contribution >= 4 is 11.7 Å². The summed E-state index contributed by atoms with van der Waals surface area (Å²) in [4.78, 5) is 18.1. The van der Waals surface area contributed by atoms with Crippen LogP contribution in [0.2, 0.25) is 0 Å². The highest BCUT2D eigenvalue weighted by Crippen LogP contribution is 2.33. The van der Waals surface area contributed by atoms with Crippen molar-refractivity contribution in [1.29, 1.82) is 0 Å². The molecule has 1 aliphatic heterocycles. The van der Waals surface area contributed by atoms with Gasteiger partial charge in [0, 0.05) is 31.2 Å². The average Bonchev–Trinajstić information content (AvgIpc) is 3.39. The molecule has 1 N–H and O–H groups in total. The van der Waals surface area contributed by atoms with E-state index in [1.165, 1.54) is 18.9 Å². The topological polar surface area (TPSA) is 45.2 Å². The summed E-state index contributed by atoms with van der Waals surface area (Å²) in [5.74, 6) is 1.25. The molecule has 0 bridgehead atoms. The van der Waals surface area contributed by atoms with Crippen LogP contribution >= 0.6 is 0 Å². The number of anilines is 1. The summed E-state index contributed by atoms with van der Waals surface area (Å²) >= 11 is 0. The summed E-state index contributed by atoms with van der Waals surface area (Å²) in [5.41, 5.74) is -0.741. The van der Waals surface area contributed by atoms with Crippen molar-refractivity contribution in [3.8, 4) is 0 Å². The van der Waals surface area contributed by atoms with Gasteiger partial charge >= 0.3 is 6.18 Å². The van der Waals surface area contributed by atoms with Crippen molar-refractivity contribution in [2.24, 2.45) is 11.8 Å². The van der Waals surface area contributed by atoms with Gasteiger partial charge in [0.2, 0.25) is 5.91 Å². The first kappa shape index (κ1) is 17.0. The predicted octanol–water partition coefficient (Wildman–Crippen LogP) is 3.23. The smallest absolute Gasteiger partial charge is 0.357 e. The summed E-state index contributed by atoms with van der Waals surface area (Å²) in [6.07, 6.45) is 0.289. The van der Waals surface area contributed by atoms with Gasteiger partial charge in [0.15, 0.2) is 0 Å². The standard InChI is InChI=1S/C17H22F3N3O/c1-11(12-2-3-12)22-16(24)13-6-8-23(9-7-13)15-5-4-14(10-21-15)17(18,19)20/h4-5,10-13H,2-3,6-9H2,1H3,(H,22,24)/t11-/m0/s1. The number of nitrogens with one attached hydrogen (secondary N) is 1. The molecule has 1 amide bonds. The lowest BCUT2D eigenvalue weighted by molar-refractivity contribution is -0.137. The second kappa shape index (κ2) is 6.61. The number of alkyl halides is 3. The third kappa shape index (κ3) is 3.99. The van der Waals surface area contributed by atoms with Crippen LogP contribution in [0, 0.1) is 11.8 Å². The fraction of sp³-hybridized carbons (Fsp3) is 0.647. The van der Waals surface area contributed by atoms with E-state index in [2.05, 4.69) is 17.2 Å². The number of aromatic nitrogens is 1. The monoisotopic (exact) mass is 341 g/mol. The number of hydrogen-bond donors (Lipinski definition) is 1. The highest BCUT2D eigenvalue weighted by molar-refractivity contribution is 5.79. The molecule has 4 nitrogen and oxygen atoms in total. The molecule has 0 aromatic carbocycles. The molecule has 3 rings (SSSR count). The summed E-state index contributed by atoms with van der Waals surface area (Å²) < 4.78 is 37.7. The fourth-order valence-corrected chi connectivity index (χ4v) is 3.17. The Balaban J connectivity index is 1.52. The molecule has 7 heteroatoms. The van der Waals surface area contributed by atoms with Crippen molar-refractivity contribution in [3.63, 3.8) is 0 Å². The molecule has 0 radical (unpaired) electrons. The molecule has 132 valence electrons. The number of piperidine rings is 1. The Kier molecular flexibility index (Phi) is 4.69. The van der Waals surface area contributed by atoms with E-state index < -0.39 is 11.7 Å². The van der Waals surface area contributed by atoms with Crippen LogP contribution in [-0.2, 0) is 11.0 Å². The van der Waals surface area contributed by atoms with Crippen molar-refractivity contribution in [2.75, 3.05) is 18.0 Å². The normalized spacial score (nSPS) is 20.8. The van der Waals surface area contributed by atoms with Crippen LogP contribution in [-0.4, -0.2) is 30.0 Å². The van der Waals surface area contributed by atoms with E-state index in [0.717, 1.165) is 12.3 Å². The number of carbonyl (C=O) groups is 1. The lowest BCUT2D eigenvalue weighted by Crippen LogP contribution is -2.43. The Morgan fingerprint density at radius 1 is 1.25 bits per heavy atom. The molecule has 2 heterocycles. The maximum Gasteiger partial charge on any atom is 0.417 e. The van der Waals surface area contributed by atoms with E-state index >= 15 is 0 Å².